The molecule has 2 atom stereocenters. The van der Waals surface area contributed by atoms with Crippen LogP contribution in [0.5, 0.6) is 0 Å². The molecule has 138 valence electrons. The maximum absolute atomic E-state index is 4.94. The number of aromatic nitrogens is 5. The smallest absolute Gasteiger partial charge is 0.185 e. The minimum absolute atomic E-state index is 0.444. The maximum Gasteiger partial charge on any atom is 0.185 e. The van der Waals surface area contributed by atoms with E-state index in [0.717, 1.165) is 35.9 Å². The zero-order valence-corrected chi connectivity index (χ0v) is 15.5. The van der Waals surface area contributed by atoms with E-state index in [9.17, 15) is 0 Å². The van der Waals surface area contributed by atoms with E-state index in [1.54, 1.807) is 12.4 Å². The molecule has 3 fully saturated rings. The number of pyridine rings is 1. The van der Waals surface area contributed by atoms with Gasteiger partial charge >= 0.3 is 0 Å². The third-order valence-electron chi connectivity index (χ3n) is 7.08. The zero-order valence-electron chi connectivity index (χ0n) is 15.5. The van der Waals surface area contributed by atoms with Gasteiger partial charge in [0, 0.05) is 55.0 Å². The summed E-state index contributed by atoms with van der Waals surface area (Å²) in [6.07, 6.45) is 7.64. The first-order valence-corrected chi connectivity index (χ1v) is 9.75. The summed E-state index contributed by atoms with van der Waals surface area (Å²) in [7, 11) is 2.28. The van der Waals surface area contributed by atoms with Crippen molar-refractivity contribution in [3.8, 4) is 11.4 Å². The van der Waals surface area contributed by atoms with Gasteiger partial charge in [0.1, 0.15) is 5.82 Å². The van der Waals surface area contributed by atoms with Crippen molar-refractivity contribution in [2.75, 3.05) is 38.1 Å². The Hall–Kier alpha value is -2.54. The van der Waals surface area contributed by atoms with Gasteiger partial charge in [0.2, 0.25) is 0 Å². The number of fused-ring (bicyclic) bond motifs is 1. The Morgan fingerprint density at radius 1 is 0.889 bits per heavy atom. The van der Waals surface area contributed by atoms with Crippen LogP contribution >= 0.6 is 0 Å². The van der Waals surface area contributed by atoms with Crippen molar-refractivity contribution in [2.45, 2.75) is 19.3 Å². The summed E-state index contributed by atoms with van der Waals surface area (Å²) in [6.45, 7) is 4.67. The molecule has 1 aliphatic carbocycles. The van der Waals surface area contributed by atoms with Crippen molar-refractivity contribution in [3.63, 3.8) is 0 Å². The highest BCUT2D eigenvalue weighted by molar-refractivity contribution is 5.59. The highest BCUT2D eigenvalue weighted by Gasteiger charge is 2.64. The van der Waals surface area contributed by atoms with Gasteiger partial charge in [-0.1, -0.05) is 6.42 Å². The van der Waals surface area contributed by atoms with Crippen molar-refractivity contribution in [1.82, 2.24) is 29.7 Å². The van der Waals surface area contributed by atoms with Crippen LogP contribution in [0.3, 0.4) is 0 Å². The lowest BCUT2D eigenvalue weighted by molar-refractivity contribution is 0.212. The Labute approximate surface area is 158 Å². The molecule has 7 nitrogen and oxygen atoms in total. The van der Waals surface area contributed by atoms with E-state index in [-0.39, 0.29) is 0 Å². The van der Waals surface area contributed by atoms with E-state index >= 15 is 0 Å². The van der Waals surface area contributed by atoms with E-state index < -0.39 is 0 Å². The molecule has 3 aromatic rings. The topological polar surface area (TPSA) is 62.5 Å². The van der Waals surface area contributed by atoms with Crippen molar-refractivity contribution in [1.29, 1.82) is 0 Å². The summed E-state index contributed by atoms with van der Waals surface area (Å²) in [5, 5.41) is 13.6. The molecule has 0 amide bonds. The van der Waals surface area contributed by atoms with E-state index in [0.29, 0.717) is 10.8 Å². The molecule has 5 heterocycles. The normalized spacial score (nSPS) is 30.2. The van der Waals surface area contributed by atoms with Crippen molar-refractivity contribution >= 4 is 11.5 Å². The fourth-order valence-corrected chi connectivity index (χ4v) is 6.05. The summed E-state index contributed by atoms with van der Waals surface area (Å²) in [4.78, 5) is 9.13. The second-order valence-corrected chi connectivity index (χ2v) is 8.66. The second kappa shape index (κ2) is 5.25. The molecular formula is C20H23N7. The fourth-order valence-electron chi connectivity index (χ4n) is 6.05. The van der Waals surface area contributed by atoms with Crippen LogP contribution in [-0.2, 0) is 0 Å². The number of nitrogens with zero attached hydrogens (tertiary/aromatic N) is 7. The SMILES string of the molecule is CN1CC23CCCC2(C1)CN(c1ccc2nnc(-c4ccncc4)n2n1)C3. The van der Waals surface area contributed by atoms with Crippen molar-refractivity contribution < 1.29 is 0 Å². The standard InChI is InChI=1S/C20H23N7/c1-25-11-19-7-2-8-20(19,12-25)14-26(13-19)17-4-3-16-22-23-18(27(16)24-17)15-5-9-21-10-6-15/h3-6,9-10H,2,7-8,11-14H2,1H3. The highest BCUT2D eigenvalue weighted by atomic mass is 15.4. The second-order valence-electron chi connectivity index (χ2n) is 8.66. The number of hydrogen-bond acceptors (Lipinski definition) is 6. The summed E-state index contributed by atoms with van der Waals surface area (Å²) in [5.74, 6) is 1.81. The van der Waals surface area contributed by atoms with E-state index in [1.165, 1.54) is 32.4 Å². The minimum Gasteiger partial charge on any atom is -0.354 e. The van der Waals surface area contributed by atoms with Crippen LogP contribution in [-0.4, -0.2) is 62.9 Å². The van der Waals surface area contributed by atoms with E-state index in [2.05, 4.69) is 38.1 Å². The molecular weight excluding hydrogens is 338 g/mol. The molecule has 6 rings (SSSR count). The van der Waals surface area contributed by atoms with Gasteiger partial charge < -0.3 is 9.80 Å². The lowest BCUT2D eigenvalue weighted by Gasteiger charge is -2.30. The lowest BCUT2D eigenvalue weighted by Crippen LogP contribution is -2.34. The first kappa shape index (κ1) is 15.5. The van der Waals surface area contributed by atoms with Crippen LogP contribution in [0.2, 0.25) is 0 Å². The maximum atomic E-state index is 4.94. The lowest BCUT2D eigenvalue weighted by atomic mass is 9.71. The molecule has 1 saturated carbocycles. The predicted octanol–water partition coefficient (Wildman–Crippen LogP) is 2.11. The van der Waals surface area contributed by atoms with Gasteiger partial charge in [0.05, 0.1) is 0 Å². The molecule has 2 saturated heterocycles. The average molecular weight is 361 g/mol. The van der Waals surface area contributed by atoms with Gasteiger partial charge in [-0.05, 0) is 44.2 Å². The molecule has 0 aromatic carbocycles. The first-order chi connectivity index (χ1) is 13.2. The molecule has 0 radical (unpaired) electrons. The van der Waals surface area contributed by atoms with Gasteiger partial charge in [-0.2, -0.15) is 4.52 Å². The largest absolute Gasteiger partial charge is 0.354 e. The van der Waals surface area contributed by atoms with E-state index in [4.69, 9.17) is 5.10 Å². The molecule has 3 aliphatic rings. The highest BCUT2D eigenvalue weighted by Crippen LogP contribution is 2.61. The number of hydrogen-bond donors (Lipinski definition) is 0. The summed E-state index contributed by atoms with van der Waals surface area (Å²) < 4.78 is 1.87. The predicted molar refractivity (Wildman–Crippen MR) is 102 cm³/mol. The van der Waals surface area contributed by atoms with Crippen LogP contribution in [0.4, 0.5) is 5.82 Å². The zero-order chi connectivity index (χ0) is 18.1. The van der Waals surface area contributed by atoms with Gasteiger partial charge in [0.15, 0.2) is 11.5 Å². The molecule has 0 bridgehead atoms. The van der Waals surface area contributed by atoms with Gasteiger partial charge in [0.25, 0.3) is 0 Å². The molecule has 27 heavy (non-hydrogen) atoms. The van der Waals surface area contributed by atoms with Crippen LogP contribution in [0, 0.1) is 10.8 Å². The Morgan fingerprint density at radius 3 is 2.37 bits per heavy atom. The van der Waals surface area contributed by atoms with Gasteiger partial charge in [-0.15, -0.1) is 15.3 Å². The summed E-state index contributed by atoms with van der Waals surface area (Å²) in [6, 6.07) is 8.03. The Kier molecular flexibility index (Phi) is 3.02. The van der Waals surface area contributed by atoms with Crippen LogP contribution in [0.15, 0.2) is 36.7 Å². The monoisotopic (exact) mass is 361 g/mol. The fraction of sp³-hybridized carbons (Fsp3) is 0.500. The number of rotatable bonds is 2. The van der Waals surface area contributed by atoms with Gasteiger partial charge in [-0.3, -0.25) is 4.98 Å². The van der Waals surface area contributed by atoms with Crippen LogP contribution in [0.1, 0.15) is 19.3 Å². The molecule has 3 aromatic heterocycles. The Morgan fingerprint density at radius 2 is 1.63 bits per heavy atom. The quantitative estimate of drug-likeness (QED) is 0.697. The van der Waals surface area contributed by atoms with Crippen molar-refractivity contribution in [2.24, 2.45) is 10.8 Å². The average Bonchev–Trinajstić information content (AvgIpc) is 3.35. The van der Waals surface area contributed by atoms with Gasteiger partial charge in [-0.25, -0.2) is 0 Å². The Bertz CT molecular complexity index is 994. The van der Waals surface area contributed by atoms with Crippen molar-refractivity contribution in [3.05, 3.63) is 36.7 Å². The van der Waals surface area contributed by atoms with E-state index in [1.807, 2.05) is 22.7 Å². The molecule has 7 heteroatoms. The van der Waals surface area contributed by atoms with Crippen LogP contribution in [0.25, 0.3) is 17.0 Å². The number of anilines is 1. The third kappa shape index (κ3) is 2.06. The summed E-state index contributed by atoms with van der Waals surface area (Å²) in [5.41, 5.74) is 2.65. The minimum atomic E-state index is 0.444. The Balaban J connectivity index is 1.40. The summed E-state index contributed by atoms with van der Waals surface area (Å²) >= 11 is 0. The van der Waals surface area contributed by atoms with Crippen LogP contribution < -0.4 is 4.90 Å². The third-order valence-corrected chi connectivity index (χ3v) is 7.08. The molecule has 2 aliphatic heterocycles. The number of likely N-dealkylation sites (tertiary alicyclic amines) is 1. The first-order valence-electron chi connectivity index (χ1n) is 9.75. The molecule has 0 N–H and O–H groups in total. The molecule has 2 unspecified atom stereocenters. The molecule has 0 spiro atoms.